The Morgan fingerprint density at radius 1 is 1.23 bits per heavy atom. The monoisotopic (exact) mass is 370 g/mol. The maximum Gasteiger partial charge on any atom is 0.183 e. The third-order valence-electron chi connectivity index (χ3n) is 3.42. The van der Waals surface area contributed by atoms with Crippen LogP contribution in [0.5, 0.6) is 0 Å². The molecule has 0 fully saturated rings. The SMILES string of the molecule is C[C@@]1(c2ncc(F)cc2-c2c(F)cccc2F)CC(Br)=NO1. The lowest BCUT2D eigenvalue weighted by atomic mass is 9.90. The minimum atomic E-state index is -1.03. The van der Waals surface area contributed by atoms with Gasteiger partial charge in [0, 0.05) is 12.0 Å². The van der Waals surface area contributed by atoms with Crippen molar-refractivity contribution in [1.82, 2.24) is 4.98 Å². The van der Waals surface area contributed by atoms with Crippen molar-refractivity contribution in [2.75, 3.05) is 0 Å². The molecule has 0 radical (unpaired) electrons. The first-order chi connectivity index (χ1) is 10.4. The van der Waals surface area contributed by atoms with Crippen LogP contribution in [0.4, 0.5) is 13.2 Å². The summed E-state index contributed by atoms with van der Waals surface area (Å²) in [4.78, 5) is 9.33. The van der Waals surface area contributed by atoms with Gasteiger partial charge in [-0.05, 0) is 41.1 Å². The van der Waals surface area contributed by atoms with Crippen molar-refractivity contribution in [2.45, 2.75) is 18.9 Å². The van der Waals surface area contributed by atoms with Crippen LogP contribution in [0.2, 0.25) is 0 Å². The maximum absolute atomic E-state index is 14.1. The summed E-state index contributed by atoms with van der Waals surface area (Å²) < 4.78 is 42.3. The van der Waals surface area contributed by atoms with E-state index in [1.165, 1.54) is 6.07 Å². The fourth-order valence-corrected chi connectivity index (χ4v) is 3.03. The zero-order valence-corrected chi connectivity index (χ0v) is 13.0. The van der Waals surface area contributed by atoms with Crippen LogP contribution in [-0.4, -0.2) is 9.60 Å². The summed E-state index contributed by atoms with van der Waals surface area (Å²) in [6.45, 7) is 1.67. The standard InChI is InChI=1S/C15H10BrF3N2O/c1-15(6-12(16)21-22-15)14-9(5-8(17)7-20-14)13-10(18)3-2-4-11(13)19/h2-5,7H,6H2,1H3/t15-/m0/s1. The zero-order valence-electron chi connectivity index (χ0n) is 11.4. The van der Waals surface area contributed by atoms with Crippen molar-refractivity contribution < 1.29 is 18.0 Å². The molecule has 0 unspecified atom stereocenters. The Labute approximate surface area is 132 Å². The molecular weight excluding hydrogens is 361 g/mol. The lowest BCUT2D eigenvalue weighted by Gasteiger charge is -2.23. The fourth-order valence-electron chi connectivity index (χ4n) is 2.43. The molecule has 1 aromatic carbocycles. The van der Waals surface area contributed by atoms with Gasteiger partial charge in [-0.2, -0.15) is 0 Å². The average Bonchev–Trinajstić information content (AvgIpc) is 2.79. The van der Waals surface area contributed by atoms with Gasteiger partial charge in [0.05, 0.1) is 17.5 Å². The van der Waals surface area contributed by atoms with E-state index in [1.54, 1.807) is 6.92 Å². The summed E-state index contributed by atoms with van der Waals surface area (Å²) in [5, 5.41) is 3.78. The van der Waals surface area contributed by atoms with Crippen molar-refractivity contribution in [3.05, 3.63) is 53.6 Å². The molecule has 0 spiro atoms. The second-order valence-corrected chi connectivity index (χ2v) is 6.03. The van der Waals surface area contributed by atoms with Crippen molar-refractivity contribution in [3.8, 4) is 11.1 Å². The molecule has 1 aromatic heterocycles. The molecule has 0 bridgehead atoms. The molecule has 3 nitrogen and oxygen atoms in total. The number of halogens is 4. The highest BCUT2D eigenvalue weighted by molar-refractivity contribution is 9.18. The van der Waals surface area contributed by atoms with Gasteiger partial charge in [0.15, 0.2) is 5.60 Å². The van der Waals surface area contributed by atoms with Crippen molar-refractivity contribution in [3.63, 3.8) is 0 Å². The highest BCUT2D eigenvalue weighted by Crippen LogP contribution is 2.41. The Morgan fingerprint density at radius 2 is 1.91 bits per heavy atom. The number of hydrogen-bond acceptors (Lipinski definition) is 3. The molecule has 0 N–H and O–H groups in total. The molecule has 1 aliphatic heterocycles. The molecule has 2 heterocycles. The van der Waals surface area contributed by atoms with Crippen LogP contribution in [0.1, 0.15) is 19.0 Å². The van der Waals surface area contributed by atoms with Gasteiger partial charge in [0.1, 0.15) is 22.1 Å². The minimum Gasteiger partial charge on any atom is -0.382 e. The molecule has 0 saturated carbocycles. The molecule has 1 atom stereocenters. The van der Waals surface area contributed by atoms with Crippen molar-refractivity contribution in [1.29, 1.82) is 0 Å². The number of hydrogen-bond donors (Lipinski definition) is 0. The molecule has 0 saturated heterocycles. The number of aromatic nitrogens is 1. The lowest BCUT2D eigenvalue weighted by Crippen LogP contribution is -2.24. The number of pyridine rings is 1. The van der Waals surface area contributed by atoms with Crippen LogP contribution in [0, 0.1) is 17.5 Å². The second-order valence-electron chi connectivity index (χ2n) is 5.11. The minimum absolute atomic E-state index is 0.00972. The first-order valence-corrected chi connectivity index (χ1v) is 7.21. The second kappa shape index (κ2) is 5.39. The van der Waals surface area contributed by atoms with Crippen LogP contribution in [0.3, 0.4) is 0 Å². The number of oxime groups is 1. The first kappa shape index (κ1) is 15.0. The van der Waals surface area contributed by atoms with Crippen LogP contribution < -0.4 is 0 Å². The average molecular weight is 371 g/mol. The first-order valence-electron chi connectivity index (χ1n) is 6.42. The van der Waals surface area contributed by atoms with Gasteiger partial charge in [-0.3, -0.25) is 4.98 Å². The number of nitrogens with zero attached hydrogens (tertiary/aromatic N) is 2. The van der Waals surface area contributed by atoms with Gasteiger partial charge in [-0.25, -0.2) is 13.2 Å². The summed E-state index contributed by atoms with van der Waals surface area (Å²) in [6, 6.07) is 4.51. The number of rotatable bonds is 2. The Bertz CT molecular complexity index is 761. The van der Waals surface area contributed by atoms with Gasteiger partial charge >= 0.3 is 0 Å². The lowest BCUT2D eigenvalue weighted by molar-refractivity contribution is -0.0104. The van der Waals surface area contributed by atoms with Gasteiger partial charge < -0.3 is 4.84 Å². The molecule has 22 heavy (non-hydrogen) atoms. The predicted molar refractivity (Wildman–Crippen MR) is 79.0 cm³/mol. The molecule has 7 heteroatoms. The van der Waals surface area contributed by atoms with Gasteiger partial charge in [-0.15, -0.1) is 0 Å². The van der Waals surface area contributed by atoms with Gasteiger partial charge in [0.25, 0.3) is 0 Å². The highest BCUT2D eigenvalue weighted by Gasteiger charge is 2.39. The summed E-state index contributed by atoms with van der Waals surface area (Å²) in [6.07, 6.45) is 1.31. The van der Waals surface area contributed by atoms with E-state index >= 15 is 0 Å². The smallest absolute Gasteiger partial charge is 0.183 e. The van der Waals surface area contributed by atoms with E-state index in [4.69, 9.17) is 4.84 Å². The quantitative estimate of drug-likeness (QED) is 0.779. The van der Waals surface area contributed by atoms with Gasteiger partial charge in [0.2, 0.25) is 0 Å². The van der Waals surface area contributed by atoms with Crippen molar-refractivity contribution in [2.24, 2.45) is 5.16 Å². The zero-order chi connectivity index (χ0) is 15.9. The summed E-state index contributed by atoms with van der Waals surface area (Å²) in [5.41, 5.74) is -1.14. The summed E-state index contributed by atoms with van der Waals surface area (Å²) in [5.74, 6) is -2.28. The molecular formula is C15H10BrF3N2O. The molecule has 1 aliphatic rings. The van der Waals surface area contributed by atoms with E-state index in [0.717, 1.165) is 24.4 Å². The molecule has 114 valence electrons. The van der Waals surface area contributed by atoms with E-state index in [9.17, 15) is 13.2 Å². The van der Waals surface area contributed by atoms with Crippen LogP contribution in [-0.2, 0) is 10.4 Å². The Morgan fingerprint density at radius 3 is 2.50 bits per heavy atom. The Hall–Kier alpha value is -1.89. The van der Waals surface area contributed by atoms with Crippen LogP contribution in [0.25, 0.3) is 11.1 Å². The van der Waals surface area contributed by atoms with Crippen LogP contribution in [0.15, 0.2) is 35.6 Å². The number of benzene rings is 1. The largest absolute Gasteiger partial charge is 0.382 e. The summed E-state index contributed by atoms with van der Waals surface area (Å²) in [7, 11) is 0. The third-order valence-corrected chi connectivity index (χ3v) is 3.84. The molecule has 2 aromatic rings. The van der Waals surface area contributed by atoms with Crippen LogP contribution >= 0.6 is 15.9 Å². The van der Waals surface area contributed by atoms with E-state index < -0.39 is 23.1 Å². The van der Waals surface area contributed by atoms with E-state index in [0.29, 0.717) is 11.0 Å². The normalized spacial score (nSPS) is 20.7. The van der Waals surface area contributed by atoms with E-state index in [1.807, 2.05) is 0 Å². The fraction of sp³-hybridized carbons (Fsp3) is 0.200. The third kappa shape index (κ3) is 2.49. The molecule has 0 aliphatic carbocycles. The maximum atomic E-state index is 14.1. The van der Waals surface area contributed by atoms with Crippen molar-refractivity contribution >= 4 is 20.6 Å². The predicted octanol–water partition coefficient (Wildman–Crippen LogP) is 4.51. The summed E-state index contributed by atoms with van der Waals surface area (Å²) >= 11 is 3.21. The van der Waals surface area contributed by atoms with Gasteiger partial charge in [-0.1, -0.05) is 11.2 Å². The molecule has 0 amide bonds. The van der Waals surface area contributed by atoms with E-state index in [2.05, 4.69) is 26.1 Å². The topological polar surface area (TPSA) is 34.5 Å². The van der Waals surface area contributed by atoms with E-state index in [-0.39, 0.29) is 16.8 Å². The Kier molecular flexibility index (Phi) is 3.68. The molecule has 3 rings (SSSR count). The Balaban J connectivity index is 2.22. The highest BCUT2D eigenvalue weighted by atomic mass is 79.9.